The molecule has 0 bridgehead atoms. The highest BCUT2D eigenvalue weighted by Gasteiger charge is 2.47. The van der Waals surface area contributed by atoms with Crippen molar-refractivity contribution in [2.24, 2.45) is 0 Å². The summed E-state index contributed by atoms with van der Waals surface area (Å²) in [6.07, 6.45) is 6.16. The standard InChI is InChI=1S/C19H34O6/c1-5-7-8-9-11-18(3)22-13-15(24-18)16-14-23-19(4,25-16)12-10-17(20)21-6-2/h15-16H,5-14H2,1-4H3. The van der Waals surface area contributed by atoms with Crippen LogP contribution in [0.3, 0.4) is 0 Å². The van der Waals surface area contributed by atoms with Crippen molar-refractivity contribution < 1.29 is 28.5 Å². The van der Waals surface area contributed by atoms with Gasteiger partial charge in [-0.05, 0) is 27.2 Å². The second-order valence-electron chi connectivity index (χ2n) is 7.32. The summed E-state index contributed by atoms with van der Waals surface area (Å²) in [5.41, 5.74) is 0. The number of hydrogen-bond acceptors (Lipinski definition) is 6. The van der Waals surface area contributed by atoms with Gasteiger partial charge in [-0.15, -0.1) is 0 Å². The zero-order valence-electron chi connectivity index (χ0n) is 16.2. The van der Waals surface area contributed by atoms with Gasteiger partial charge in [-0.1, -0.05) is 26.2 Å². The second kappa shape index (κ2) is 9.31. The number of ether oxygens (including phenoxy) is 5. The van der Waals surface area contributed by atoms with Gasteiger partial charge in [0.1, 0.15) is 12.2 Å². The molecule has 0 saturated carbocycles. The quantitative estimate of drug-likeness (QED) is 0.439. The molecule has 6 heteroatoms. The average molecular weight is 358 g/mol. The number of rotatable bonds is 10. The smallest absolute Gasteiger partial charge is 0.305 e. The van der Waals surface area contributed by atoms with E-state index < -0.39 is 11.6 Å². The van der Waals surface area contributed by atoms with Crippen molar-refractivity contribution in [3.63, 3.8) is 0 Å². The zero-order chi connectivity index (χ0) is 18.3. The molecular formula is C19H34O6. The van der Waals surface area contributed by atoms with Gasteiger partial charge in [-0.2, -0.15) is 0 Å². The Hall–Kier alpha value is -0.690. The van der Waals surface area contributed by atoms with E-state index in [1.807, 2.05) is 13.8 Å². The maximum Gasteiger partial charge on any atom is 0.305 e. The van der Waals surface area contributed by atoms with E-state index in [-0.39, 0.29) is 24.6 Å². The summed E-state index contributed by atoms with van der Waals surface area (Å²) in [5, 5.41) is 0. The van der Waals surface area contributed by atoms with E-state index in [1.165, 1.54) is 19.3 Å². The molecule has 0 radical (unpaired) electrons. The highest BCUT2D eigenvalue weighted by Crippen LogP contribution is 2.36. The van der Waals surface area contributed by atoms with E-state index >= 15 is 0 Å². The summed E-state index contributed by atoms with van der Waals surface area (Å²) < 4.78 is 28.9. The van der Waals surface area contributed by atoms with Crippen molar-refractivity contribution in [1.29, 1.82) is 0 Å². The van der Waals surface area contributed by atoms with Gasteiger partial charge in [0.2, 0.25) is 0 Å². The molecule has 25 heavy (non-hydrogen) atoms. The minimum atomic E-state index is -0.763. The number of unbranched alkanes of at least 4 members (excludes halogenated alkanes) is 3. The molecule has 2 aliphatic heterocycles. The molecule has 0 N–H and O–H groups in total. The fourth-order valence-corrected chi connectivity index (χ4v) is 3.36. The third kappa shape index (κ3) is 6.20. The Kier molecular flexibility index (Phi) is 7.68. The van der Waals surface area contributed by atoms with E-state index in [4.69, 9.17) is 23.7 Å². The number of carbonyl (C=O) groups is 1. The molecule has 4 unspecified atom stereocenters. The van der Waals surface area contributed by atoms with Crippen LogP contribution in [0.15, 0.2) is 0 Å². The Morgan fingerprint density at radius 2 is 1.56 bits per heavy atom. The first-order valence-electron chi connectivity index (χ1n) is 9.69. The molecule has 2 rings (SSSR count). The lowest BCUT2D eigenvalue weighted by molar-refractivity contribution is -0.193. The third-order valence-electron chi connectivity index (χ3n) is 4.89. The molecule has 2 heterocycles. The van der Waals surface area contributed by atoms with Crippen molar-refractivity contribution in [2.45, 2.75) is 96.4 Å². The first-order chi connectivity index (χ1) is 11.9. The van der Waals surface area contributed by atoms with Crippen LogP contribution in [-0.4, -0.2) is 49.6 Å². The van der Waals surface area contributed by atoms with Crippen molar-refractivity contribution in [2.75, 3.05) is 19.8 Å². The van der Waals surface area contributed by atoms with E-state index in [0.29, 0.717) is 26.2 Å². The minimum Gasteiger partial charge on any atom is -0.466 e. The molecule has 2 fully saturated rings. The van der Waals surface area contributed by atoms with Gasteiger partial charge in [-0.3, -0.25) is 4.79 Å². The highest BCUT2D eigenvalue weighted by molar-refractivity contribution is 5.69. The van der Waals surface area contributed by atoms with E-state index in [0.717, 1.165) is 12.8 Å². The lowest BCUT2D eigenvalue weighted by Gasteiger charge is -2.26. The Morgan fingerprint density at radius 1 is 0.960 bits per heavy atom. The minimum absolute atomic E-state index is 0.124. The maximum atomic E-state index is 11.5. The van der Waals surface area contributed by atoms with Gasteiger partial charge in [-0.25, -0.2) is 0 Å². The molecule has 146 valence electrons. The molecule has 4 atom stereocenters. The Balaban J connectivity index is 1.75. The summed E-state index contributed by atoms with van der Waals surface area (Å²) in [5.74, 6) is -1.51. The van der Waals surface area contributed by atoms with Crippen LogP contribution in [0.5, 0.6) is 0 Å². The van der Waals surface area contributed by atoms with Crippen LogP contribution in [0.2, 0.25) is 0 Å². The largest absolute Gasteiger partial charge is 0.466 e. The fraction of sp³-hybridized carbons (Fsp3) is 0.947. The van der Waals surface area contributed by atoms with Crippen molar-refractivity contribution in [3.8, 4) is 0 Å². The molecule has 2 aliphatic rings. The third-order valence-corrected chi connectivity index (χ3v) is 4.89. The van der Waals surface area contributed by atoms with Gasteiger partial charge in [0.05, 0.1) is 26.2 Å². The fourth-order valence-electron chi connectivity index (χ4n) is 3.36. The van der Waals surface area contributed by atoms with Crippen LogP contribution < -0.4 is 0 Å². The SMILES string of the molecule is CCCCCCC1(C)OCC(C2COC(C)(CCC(=O)OCC)O2)O1. The highest BCUT2D eigenvalue weighted by atomic mass is 16.8. The maximum absolute atomic E-state index is 11.5. The van der Waals surface area contributed by atoms with Crippen LogP contribution in [0.4, 0.5) is 0 Å². The predicted octanol–water partition coefficient (Wildman–Crippen LogP) is 3.56. The first kappa shape index (κ1) is 20.6. The summed E-state index contributed by atoms with van der Waals surface area (Å²) in [4.78, 5) is 11.5. The topological polar surface area (TPSA) is 63.2 Å². The number of carbonyl (C=O) groups excluding carboxylic acids is 1. The van der Waals surface area contributed by atoms with Gasteiger partial charge in [0.15, 0.2) is 11.6 Å². The summed E-state index contributed by atoms with van der Waals surface area (Å²) in [6, 6.07) is 0. The predicted molar refractivity (Wildman–Crippen MR) is 93.1 cm³/mol. The van der Waals surface area contributed by atoms with E-state index in [9.17, 15) is 4.79 Å². The van der Waals surface area contributed by atoms with Crippen molar-refractivity contribution in [1.82, 2.24) is 0 Å². The molecule has 0 aliphatic carbocycles. The van der Waals surface area contributed by atoms with Crippen LogP contribution in [-0.2, 0) is 28.5 Å². The summed E-state index contributed by atoms with van der Waals surface area (Å²) in [6.45, 7) is 9.25. The molecular weight excluding hydrogens is 324 g/mol. The van der Waals surface area contributed by atoms with E-state index in [1.54, 1.807) is 6.92 Å². The lowest BCUT2D eigenvalue weighted by atomic mass is 10.1. The normalized spacial score (nSPS) is 35.2. The van der Waals surface area contributed by atoms with Crippen molar-refractivity contribution in [3.05, 3.63) is 0 Å². The zero-order valence-corrected chi connectivity index (χ0v) is 16.2. The van der Waals surface area contributed by atoms with Gasteiger partial charge < -0.3 is 23.7 Å². The van der Waals surface area contributed by atoms with Crippen LogP contribution in [0.1, 0.15) is 72.6 Å². The summed E-state index contributed by atoms with van der Waals surface area (Å²) in [7, 11) is 0. The van der Waals surface area contributed by atoms with Gasteiger partial charge in [0, 0.05) is 12.8 Å². The average Bonchev–Trinajstić information content (AvgIpc) is 3.15. The Bertz CT molecular complexity index is 428. The van der Waals surface area contributed by atoms with Gasteiger partial charge in [0.25, 0.3) is 0 Å². The molecule has 0 aromatic carbocycles. The Morgan fingerprint density at radius 3 is 2.12 bits per heavy atom. The van der Waals surface area contributed by atoms with Gasteiger partial charge >= 0.3 is 5.97 Å². The summed E-state index contributed by atoms with van der Waals surface area (Å²) >= 11 is 0. The van der Waals surface area contributed by atoms with Crippen LogP contribution in [0.25, 0.3) is 0 Å². The van der Waals surface area contributed by atoms with Crippen LogP contribution >= 0.6 is 0 Å². The Labute approximate surface area is 151 Å². The monoisotopic (exact) mass is 358 g/mol. The molecule has 0 aromatic rings. The molecule has 6 nitrogen and oxygen atoms in total. The molecule has 0 spiro atoms. The number of hydrogen-bond donors (Lipinski definition) is 0. The lowest BCUT2D eigenvalue weighted by Crippen LogP contribution is -2.35. The van der Waals surface area contributed by atoms with Crippen LogP contribution in [0, 0.1) is 0 Å². The number of esters is 1. The second-order valence-corrected chi connectivity index (χ2v) is 7.32. The molecule has 0 amide bonds. The van der Waals surface area contributed by atoms with E-state index in [2.05, 4.69) is 6.92 Å². The van der Waals surface area contributed by atoms with Crippen molar-refractivity contribution >= 4 is 5.97 Å². The molecule has 2 saturated heterocycles. The first-order valence-corrected chi connectivity index (χ1v) is 9.69. The molecule has 0 aromatic heterocycles.